The van der Waals surface area contributed by atoms with Crippen LogP contribution >= 0.6 is 0 Å². The van der Waals surface area contributed by atoms with Gasteiger partial charge >= 0.3 is 0 Å². The Balaban J connectivity index is 1.99. The second-order valence-corrected chi connectivity index (χ2v) is 5.12. The van der Waals surface area contributed by atoms with Gasteiger partial charge in [-0.2, -0.15) is 4.98 Å². The zero-order valence-corrected chi connectivity index (χ0v) is 11.3. The Morgan fingerprint density at radius 2 is 2.05 bits per heavy atom. The van der Waals surface area contributed by atoms with Gasteiger partial charge < -0.3 is 10.6 Å². The predicted molar refractivity (Wildman–Crippen MR) is 79.7 cm³/mol. The molecule has 2 heterocycles. The van der Waals surface area contributed by atoms with Crippen LogP contribution in [-0.2, 0) is 13.0 Å². The van der Waals surface area contributed by atoms with Crippen molar-refractivity contribution in [3.63, 3.8) is 0 Å². The van der Waals surface area contributed by atoms with Gasteiger partial charge in [0.15, 0.2) is 0 Å². The molecule has 1 aromatic carbocycles. The van der Waals surface area contributed by atoms with Gasteiger partial charge in [-0.25, -0.2) is 0 Å². The summed E-state index contributed by atoms with van der Waals surface area (Å²) in [4.78, 5) is 21.1. The Labute approximate surface area is 117 Å². The Morgan fingerprint density at radius 3 is 2.85 bits per heavy atom. The first-order valence-corrected chi connectivity index (χ1v) is 6.91. The maximum Gasteiger partial charge on any atom is 0.257 e. The van der Waals surface area contributed by atoms with E-state index in [1.165, 1.54) is 5.56 Å². The first-order chi connectivity index (χ1) is 9.74. The highest BCUT2D eigenvalue weighted by atomic mass is 16.1. The molecule has 3 rings (SSSR count). The molecule has 20 heavy (non-hydrogen) atoms. The Bertz CT molecular complexity index is 651. The van der Waals surface area contributed by atoms with Gasteiger partial charge in [-0.15, -0.1) is 0 Å². The van der Waals surface area contributed by atoms with E-state index in [-0.39, 0.29) is 11.5 Å². The van der Waals surface area contributed by atoms with E-state index in [1.54, 1.807) is 0 Å². The van der Waals surface area contributed by atoms with Gasteiger partial charge in [0.1, 0.15) is 5.82 Å². The van der Waals surface area contributed by atoms with Gasteiger partial charge in [-0.05, 0) is 24.8 Å². The second kappa shape index (κ2) is 5.36. The zero-order valence-electron chi connectivity index (χ0n) is 11.3. The van der Waals surface area contributed by atoms with E-state index >= 15 is 0 Å². The average Bonchev–Trinajstić information content (AvgIpc) is 2.63. The topological polar surface area (TPSA) is 75.0 Å². The number of nitrogens with zero attached hydrogens (tertiary/aromatic N) is 2. The summed E-state index contributed by atoms with van der Waals surface area (Å²) in [7, 11) is 0. The zero-order chi connectivity index (χ0) is 13.9. The standard InChI is InChI=1S/C15H18N4O/c16-15-17-13-12(14(20)18-15)8-4-5-9-19(13)10-11-6-2-1-3-7-11/h1-3,6-7H,4-5,8-10H2,(H3,16,17,18,20). The average molecular weight is 270 g/mol. The molecule has 0 aliphatic carbocycles. The number of nitrogens with two attached hydrogens (primary N) is 1. The van der Waals surface area contributed by atoms with Crippen LogP contribution in [0.3, 0.4) is 0 Å². The third-order valence-corrected chi connectivity index (χ3v) is 3.63. The SMILES string of the molecule is Nc1nc2c(c(=O)[nH]1)CCCCN2Cc1ccccc1. The van der Waals surface area contributed by atoms with E-state index in [0.717, 1.165) is 43.7 Å². The van der Waals surface area contributed by atoms with Crippen LogP contribution in [0.5, 0.6) is 0 Å². The summed E-state index contributed by atoms with van der Waals surface area (Å²) < 4.78 is 0. The molecule has 0 bridgehead atoms. The highest BCUT2D eigenvalue weighted by Crippen LogP contribution is 2.23. The van der Waals surface area contributed by atoms with E-state index in [1.807, 2.05) is 18.2 Å². The van der Waals surface area contributed by atoms with Crippen LogP contribution in [0.1, 0.15) is 24.0 Å². The lowest BCUT2D eigenvalue weighted by Gasteiger charge is -2.23. The minimum absolute atomic E-state index is 0.104. The molecule has 0 saturated heterocycles. The normalized spacial score (nSPS) is 14.7. The smallest absolute Gasteiger partial charge is 0.257 e. The van der Waals surface area contributed by atoms with Crippen molar-refractivity contribution in [2.24, 2.45) is 0 Å². The number of aromatic nitrogens is 2. The summed E-state index contributed by atoms with van der Waals surface area (Å²) >= 11 is 0. The second-order valence-electron chi connectivity index (χ2n) is 5.12. The van der Waals surface area contributed by atoms with E-state index < -0.39 is 0 Å². The number of anilines is 2. The van der Waals surface area contributed by atoms with Crippen LogP contribution in [0.25, 0.3) is 0 Å². The molecule has 0 radical (unpaired) electrons. The molecule has 5 nitrogen and oxygen atoms in total. The lowest BCUT2D eigenvalue weighted by molar-refractivity contribution is 0.711. The van der Waals surface area contributed by atoms with Crippen molar-refractivity contribution in [1.29, 1.82) is 0 Å². The summed E-state index contributed by atoms with van der Waals surface area (Å²) in [5, 5.41) is 0. The number of H-pyrrole nitrogens is 1. The maximum atomic E-state index is 12.0. The lowest BCUT2D eigenvalue weighted by atomic mass is 10.1. The molecule has 0 amide bonds. The van der Waals surface area contributed by atoms with Crippen molar-refractivity contribution in [3.8, 4) is 0 Å². The molecule has 1 aromatic heterocycles. The molecule has 0 unspecified atom stereocenters. The monoisotopic (exact) mass is 270 g/mol. The fourth-order valence-corrected chi connectivity index (χ4v) is 2.66. The highest BCUT2D eigenvalue weighted by Gasteiger charge is 2.20. The first-order valence-electron chi connectivity index (χ1n) is 6.91. The van der Waals surface area contributed by atoms with Crippen LogP contribution in [0.2, 0.25) is 0 Å². The fraction of sp³-hybridized carbons (Fsp3) is 0.333. The molecule has 0 saturated carbocycles. The highest BCUT2D eigenvalue weighted by molar-refractivity contribution is 5.50. The number of nitrogens with one attached hydrogen (secondary N) is 1. The Hall–Kier alpha value is -2.30. The Morgan fingerprint density at radius 1 is 1.25 bits per heavy atom. The van der Waals surface area contributed by atoms with Crippen LogP contribution in [0.4, 0.5) is 11.8 Å². The number of aromatic amines is 1. The summed E-state index contributed by atoms with van der Waals surface area (Å²) in [6.45, 7) is 1.65. The van der Waals surface area contributed by atoms with Crippen molar-refractivity contribution in [1.82, 2.24) is 9.97 Å². The molecule has 5 heteroatoms. The molecule has 0 fully saturated rings. The van der Waals surface area contributed by atoms with Gasteiger partial charge in [0, 0.05) is 13.1 Å². The van der Waals surface area contributed by atoms with Crippen molar-refractivity contribution < 1.29 is 0 Å². The molecule has 2 aromatic rings. The minimum atomic E-state index is -0.104. The van der Waals surface area contributed by atoms with Gasteiger partial charge in [-0.3, -0.25) is 9.78 Å². The Kier molecular flexibility index (Phi) is 3.41. The summed E-state index contributed by atoms with van der Waals surface area (Å²) in [6.07, 6.45) is 2.83. The van der Waals surface area contributed by atoms with E-state index in [9.17, 15) is 4.79 Å². The quantitative estimate of drug-likeness (QED) is 0.871. The van der Waals surface area contributed by atoms with Crippen molar-refractivity contribution >= 4 is 11.8 Å². The maximum absolute atomic E-state index is 12.0. The number of hydrogen-bond donors (Lipinski definition) is 2. The molecule has 3 N–H and O–H groups in total. The van der Waals surface area contributed by atoms with Gasteiger partial charge in [0.2, 0.25) is 5.95 Å². The van der Waals surface area contributed by atoms with Crippen LogP contribution in [-0.4, -0.2) is 16.5 Å². The molecular formula is C15H18N4O. The molecule has 0 atom stereocenters. The first kappa shape index (κ1) is 12.7. The number of hydrogen-bond acceptors (Lipinski definition) is 4. The number of rotatable bonds is 2. The predicted octanol–water partition coefficient (Wildman–Crippen LogP) is 1.69. The molecule has 104 valence electrons. The van der Waals surface area contributed by atoms with Crippen molar-refractivity contribution in [3.05, 3.63) is 51.8 Å². The fourth-order valence-electron chi connectivity index (χ4n) is 2.66. The van der Waals surface area contributed by atoms with Crippen LogP contribution < -0.4 is 16.2 Å². The molecule has 1 aliphatic heterocycles. The summed E-state index contributed by atoms with van der Waals surface area (Å²) in [5.41, 5.74) is 7.56. The number of benzene rings is 1. The molecule has 0 spiro atoms. The number of fused-ring (bicyclic) bond motifs is 1. The van der Waals surface area contributed by atoms with Gasteiger partial charge in [-0.1, -0.05) is 30.3 Å². The number of nitrogen functional groups attached to an aromatic ring is 1. The van der Waals surface area contributed by atoms with E-state index in [2.05, 4.69) is 27.0 Å². The van der Waals surface area contributed by atoms with E-state index in [4.69, 9.17) is 5.73 Å². The largest absolute Gasteiger partial charge is 0.369 e. The summed E-state index contributed by atoms with van der Waals surface area (Å²) in [5.74, 6) is 0.932. The third kappa shape index (κ3) is 2.52. The van der Waals surface area contributed by atoms with Crippen molar-refractivity contribution in [2.45, 2.75) is 25.8 Å². The molecule has 1 aliphatic rings. The molecular weight excluding hydrogens is 252 g/mol. The third-order valence-electron chi connectivity index (χ3n) is 3.63. The lowest BCUT2D eigenvalue weighted by Crippen LogP contribution is -2.28. The van der Waals surface area contributed by atoms with Crippen LogP contribution in [0.15, 0.2) is 35.1 Å². The minimum Gasteiger partial charge on any atom is -0.369 e. The van der Waals surface area contributed by atoms with Crippen molar-refractivity contribution in [2.75, 3.05) is 17.2 Å². The van der Waals surface area contributed by atoms with Crippen LogP contribution in [0, 0.1) is 0 Å². The van der Waals surface area contributed by atoms with Gasteiger partial charge in [0.05, 0.1) is 5.56 Å². The van der Waals surface area contributed by atoms with E-state index in [0.29, 0.717) is 0 Å². The summed E-state index contributed by atoms with van der Waals surface area (Å²) in [6, 6.07) is 10.2. The van der Waals surface area contributed by atoms with Gasteiger partial charge in [0.25, 0.3) is 5.56 Å².